The Balaban J connectivity index is 1.53. The lowest BCUT2D eigenvalue weighted by Gasteiger charge is -2.13. The summed E-state index contributed by atoms with van der Waals surface area (Å²) in [5.41, 5.74) is 5.12. The number of hydrogen-bond acceptors (Lipinski definition) is 5. The zero-order valence-electron chi connectivity index (χ0n) is 17.7. The third kappa shape index (κ3) is 7.67. The van der Waals surface area contributed by atoms with Crippen molar-refractivity contribution in [1.29, 1.82) is 0 Å². The summed E-state index contributed by atoms with van der Waals surface area (Å²) in [4.78, 5) is 12.1. The third-order valence-electron chi connectivity index (χ3n) is 4.42. The van der Waals surface area contributed by atoms with Crippen molar-refractivity contribution in [2.75, 3.05) is 12.9 Å². The molecule has 0 saturated heterocycles. The highest BCUT2D eigenvalue weighted by Gasteiger charge is 2.12. The molecule has 0 spiro atoms. The number of carbonyl (C=O) groups is 1. The van der Waals surface area contributed by atoms with Crippen LogP contribution in [0.5, 0.6) is 11.5 Å². The zero-order valence-corrected chi connectivity index (χ0v) is 21.6. The van der Waals surface area contributed by atoms with Gasteiger partial charge in [0.1, 0.15) is 6.61 Å². The number of halogens is 3. The molecule has 0 atom stereocenters. The Morgan fingerprint density at radius 3 is 2.55 bits per heavy atom. The number of hydrogen-bond donors (Lipinski definition) is 1. The number of nitrogens with one attached hydrogen (secondary N) is 1. The summed E-state index contributed by atoms with van der Waals surface area (Å²) in [5, 5.41) is 5.21. The maximum atomic E-state index is 12.1. The van der Waals surface area contributed by atoms with Crippen molar-refractivity contribution >= 4 is 63.0 Å². The third-order valence-corrected chi connectivity index (χ3v) is 6.68. The average molecular weight is 568 g/mol. The smallest absolute Gasteiger partial charge is 0.250 e. The van der Waals surface area contributed by atoms with E-state index in [0.29, 0.717) is 33.9 Å². The van der Waals surface area contributed by atoms with E-state index < -0.39 is 0 Å². The van der Waals surface area contributed by atoms with Gasteiger partial charge in [-0.25, -0.2) is 5.43 Å². The number of thioether (sulfide) groups is 1. The molecule has 0 fully saturated rings. The summed E-state index contributed by atoms with van der Waals surface area (Å²) in [7, 11) is 1.57. The normalized spacial score (nSPS) is 10.9. The molecule has 0 aliphatic heterocycles. The van der Waals surface area contributed by atoms with Gasteiger partial charge in [0.15, 0.2) is 11.5 Å². The number of hydrazone groups is 1. The minimum Gasteiger partial charge on any atom is -0.493 e. The van der Waals surface area contributed by atoms with Gasteiger partial charge >= 0.3 is 0 Å². The van der Waals surface area contributed by atoms with Crippen molar-refractivity contribution in [3.63, 3.8) is 0 Å². The molecule has 0 aliphatic rings. The predicted octanol–water partition coefficient (Wildman–Crippen LogP) is 6.73. The Morgan fingerprint density at radius 1 is 1.12 bits per heavy atom. The second-order valence-corrected chi connectivity index (χ2v) is 9.45. The number of benzene rings is 3. The van der Waals surface area contributed by atoms with Crippen LogP contribution in [0.3, 0.4) is 0 Å². The Morgan fingerprint density at radius 2 is 1.85 bits per heavy atom. The van der Waals surface area contributed by atoms with Crippen molar-refractivity contribution in [2.45, 2.75) is 12.4 Å². The number of amides is 1. The Labute approximate surface area is 215 Å². The summed E-state index contributed by atoms with van der Waals surface area (Å²) >= 11 is 17.2. The van der Waals surface area contributed by atoms with Gasteiger partial charge in [0, 0.05) is 15.8 Å². The number of methoxy groups -OCH3 is 1. The van der Waals surface area contributed by atoms with Crippen LogP contribution < -0.4 is 14.9 Å². The van der Waals surface area contributed by atoms with E-state index in [-0.39, 0.29) is 11.7 Å². The highest BCUT2D eigenvalue weighted by atomic mass is 79.9. The highest BCUT2D eigenvalue weighted by Crippen LogP contribution is 2.37. The molecule has 9 heteroatoms. The Kier molecular flexibility index (Phi) is 9.94. The quantitative estimate of drug-likeness (QED) is 0.218. The van der Waals surface area contributed by atoms with E-state index in [2.05, 4.69) is 26.5 Å². The summed E-state index contributed by atoms with van der Waals surface area (Å²) in [6.07, 6.45) is 1.54. The zero-order chi connectivity index (χ0) is 23.6. The minimum absolute atomic E-state index is 0.220. The first-order valence-electron chi connectivity index (χ1n) is 9.84. The van der Waals surface area contributed by atoms with Crippen LogP contribution in [-0.2, 0) is 17.2 Å². The lowest BCUT2D eigenvalue weighted by Crippen LogP contribution is -2.19. The van der Waals surface area contributed by atoms with E-state index in [0.717, 1.165) is 21.2 Å². The van der Waals surface area contributed by atoms with E-state index in [1.807, 2.05) is 36.4 Å². The van der Waals surface area contributed by atoms with Crippen LogP contribution in [0.15, 0.2) is 70.2 Å². The molecule has 0 heterocycles. The number of nitrogens with zero attached hydrogens (tertiary/aromatic N) is 1. The van der Waals surface area contributed by atoms with E-state index in [1.165, 1.54) is 11.8 Å². The first kappa shape index (κ1) is 25.4. The topological polar surface area (TPSA) is 59.9 Å². The van der Waals surface area contributed by atoms with Crippen LogP contribution >= 0.6 is 50.9 Å². The standard InChI is InChI=1S/C24H21BrCl2N2O3S/c1-31-22-11-17(10-19(25)24(22)32-13-16-6-3-2-4-7-16)12-28-29-23(30)15-33-14-18-20(26)8-5-9-21(18)27/h2-12H,13-15H2,1H3,(H,29,30)/b28-12-. The number of ether oxygens (including phenoxy) is 2. The van der Waals surface area contributed by atoms with Crippen molar-refractivity contribution in [3.8, 4) is 11.5 Å². The first-order chi connectivity index (χ1) is 16.0. The molecular weight excluding hydrogens is 547 g/mol. The van der Waals surface area contributed by atoms with Gasteiger partial charge < -0.3 is 9.47 Å². The molecule has 3 aromatic rings. The maximum Gasteiger partial charge on any atom is 0.250 e. The largest absolute Gasteiger partial charge is 0.493 e. The molecule has 3 rings (SSSR count). The van der Waals surface area contributed by atoms with Crippen molar-refractivity contribution in [1.82, 2.24) is 5.43 Å². The molecular formula is C24H21BrCl2N2O3S. The maximum absolute atomic E-state index is 12.1. The molecule has 0 saturated carbocycles. The lowest BCUT2D eigenvalue weighted by molar-refractivity contribution is -0.118. The van der Waals surface area contributed by atoms with Crippen LogP contribution in [0, 0.1) is 0 Å². The monoisotopic (exact) mass is 566 g/mol. The summed E-state index contributed by atoms with van der Waals surface area (Å²) in [6, 6.07) is 18.8. The Bertz CT molecular complexity index is 1110. The number of rotatable bonds is 10. The molecule has 0 bridgehead atoms. The van der Waals surface area contributed by atoms with E-state index >= 15 is 0 Å². The van der Waals surface area contributed by atoms with Crippen LogP contribution in [0.2, 0.25) is 10.0 Å². The predicted molar refractivity (Wildman–Crippen MR) is 140 cm³/mol. The molecule has 0 aromatic heterocycles. The first-order valence-corrected chi connectivity index (χ1v) is 12.5. The van der Waals surface area contributed by atoms with Crippen LogP contribution in [0.25, 0.3) is 0 Å². The van der Waals surface area contributed by atoms with E-state index in [4.69, 9.17) is 32.7 Å². The summed E-state index contributed by atoms with van der Waals surface area (Å²) < 4.78 is 12.1. The van der Waals surface area contributed by atoms with Gasteiger partial charge in [-0.1, -0.05) is 59.6 Å². The molecule has 0 aliphatic carbocycles. The molecule has 0 radical (unpaired) electrons. The highest BCUT2D eigenvalue weighted by molar-refractivity contribution is 9.10. The molecule has 172 valence electrons. The molecule has 3 aromatic carbocycles. The second-order valence-electron chi connectivity index (χ2n) is 6.79. The van der Waals surface area contributed by atoms with Gasteiger partial charge in [-0.3, -0.25) is 4.79 Å². The van der Waals surface area contributed by atoms with Gasteiger partial charge in [0.2, 0.25) is 5.91 Å². The van der Waals surface area contributed by atoms with Crippen molar-refractivity contribution < 1.29 is 14.3 Å². The average Bonchev–Trinajstić information content (AvgIpc) is 2.80. The van der Waals surface area contributed by atoms with Gasteiger partial charge in [0.25, 0.3) is 0 Å². The molecule has 1 N–H and O–H groups in total. The minimum atomic E-state index is -0.228. The SMILES string of the molecule is COc1cc(/C=N\NC(=O)CSCc2c(Cl)cccc2Cl)cc(Br)c1OCc1ccccc1. The van der Waals surface area contributed by atoms with Crippen molar-refractivity contribution in [3.05, 3.63) is 91.9 Å². The fraction of sp³-hybridized carbons (Fsp3) is 0.167. The van der Waals surface area contributed by atoms with Gasteiger partial charge in [-0.2, -0.15) is 5.10 Å². The molecule has 0 unspecified atom stereocenters. The van der Waals surface area contributed by atoms with Crippen LogP contribution in [-0.4, -0.2) is 25.0 Å². The fourth-order valence-electron chi connectivity index (χ4n) is 2.81. The summed E-state index contributed by atoms with van der Waals surface area (Å²) in [5.74, 6) is 1.67. The lowest BCUT2D eigenvalue weighted by atomic mass is 10.2. The van der Waals surface area contributed by atoms with E-state index in [1.54, 1.807) is 37.6 Å². The molecule has 33 heavy (non-hydrogen) atoms. The van der Waals surface area contributed by atoms with Gasteiger partial charge in [-0.05, 0) is 56.9 Å². The fourth-order valence-corrected chi connectivity index (χ4v) is 4.94. The molecule has 1 amide bonds. The van der Waals surface area contributed by atoms with Gasteiger partial charge in [-0.15, -0.1) is 11.8 Å². The van der Waals surface area contributed by atoms with Crippen molar-refractivity contribution in [2.24, 2.45) is 5.10 Å². The van der Waals surface area contributed by atoms with E-state index in [9.17, 15) is 4.79 Å². The van der Waals surface area contributed by atoms with Crippen LogP contribution in [0.4, 0.5) is 0 Å². The van der Waals surface area contributed by atoms with Gasteiger partial charge in [0.05, 0.1) is 23.5 Å². The number of carbonyl (C=O) groups excluding carboxylic acids is 1. The van der Waals surface area contributed by atoms with Crippen LogP contribution in [0.1, 0.15) is 16.7 Å². The Hall–Kier alpha value is -2.19. The molecule has 5 nitrogen and oxygen atoms in total. The summed E-state index contributed by atoms with van der Waals surface area (Å²) in [6.45, 7) is 0.413. The second kappa shape index (κ2) is 12.9.